The molecule has 6 heteroatoms. The summed E-state index contributed by atoms with van der Waals surface area (Å²) in [5.41, 5.74) is 5.61. The topological polar surface area (TPSA) is 46.3 Å². The summed E-state index contributed by atoms with van der Waals surface area (Å²) in [6.07, 6.45) is -3.12. The summed E-state index contributed by atoms with van der Waals surface area (Å²) in [6.45, 7) is 4.61. The van der Waals surface area contributed by atoms with Gasteiger partial charge in [-0.15, -0.1) is 0 Å². The molecule has 0 heterocycles. The van der Waals surface area contributed by atoms with Crippen molar-refractivity contribution in [3.63, 3.8) is 0 Å². The quantitative estimate of drug-likeness (QED) is 0.844. The van der Waals surface area contributed by atoms with E-state index in [0.29, 0.717) is 12.8 Å². The van der Waals surface area contributed by atoms with Crippen LogP contribution in [-0.4, -0.2) is 36.6 Å². The summed E-state index contributed by atoms with van der Waals surface area (Å²) >= 11 is 0. The van der Waals surface area contributed by atoms with E-state index in [1.54, 1.807) is 0 Å². The Hall–Kier alpha value is -0.780. The van der Waals surface area contributed by atoms with Crippen molar-refractivity contribution in [3.05, 3.63) is 0 Å². The van der Waals surface area contributed by atoms with Crippen molar-refractivity contribution in [2.75, 3.05) is 13.6 Å². The van der Waals surface area contributed by atoms with Gasteiger partial charge in [0.2, 0.25) is 5.91 Å². The number of hydrogen-bond donors (Lipinski definition) is 1. The number of rotatable bonds is 2. The predicted molar refractivity (Wildman–Crippen MR) is 67.3 cm³/mol. The van der Waals surface area contributed by atoms with E-state index in [0.717, 1.165) is 4.90 Å². The molecule has 19 heavy (non-hydrogen) atoms. The number of carbonyl (C=O) groups excluding carboxylic acids is 1. The van der Waals surface area contributed by atoms with Crippen molar-refractivity contribution in [3.8, 4) is 0 Å². The number of alkyl halides is 3. The number of amides is 1. The van der Waals surface area contributed by atoms with Crippen LogP contribution in [0.1, 0.15) is 33.6 Å². The molecule has 1 rings (SSSR count). The molecule has 3 unspecified atom stereocenters. The fourth-order valence-electron chi connectivity index (χ4n) is 2.90. The van der Waals surface area contributed by atoms with Gasteiger partial charge in [0.25, 0.3) is 0 Å². The zero-order chi connectivity index (χ0) is 15.0. The largest absolute Gasteiger partial charge is 0.406 e. The van der Waals surface area contributed by atoms with Gasteiger partial charge in [-0.1, -0.05) is 20.8 Å². The summed E-state index contributed by atoms with van der Waals surface area (Å²) in [7, 11) is 1.21. The van der Waals surface area contributed by atoms with Gasteiger partial charge in [0.15, 0.2) is 0 Å². The molecular formula is C13H23F3N2O. The zero-order valence-electron chi connectivity index (χ0n) is 11.9. The number of carbonyl (C=O) groups is 1. The maximum absolute atomic E-state index is 12.4. The van der Waals surface area contributed by atoms with Gasteiger partial charge in [-0.3, -0.25) is 4.79 Å². The summed E-state index contributed by atoms with van der Waals surface area (Å²) in [5, 5.41) is 0. The molecule has 1 saturated carbocycles. The molecule has 3 atom stereocenters. The van der Waals surface area contributed by atoms with Crippen LogP contribution in [0.25, 0.3) is 0 Å². The second kappa shape index (κ2) is 5.31. The van der Waals surface area contributed by atoms with Crippen LogP contribution >= 0.6 is 0 Å². The van der Waals surface area contributed by atoms with Crippen LogP contribution in [0.3, 0.4) is 0 Å². The van der Waals surface area contributed by atoms with E-state index in [4.69, 9.17) is 5.73 Å². The zero-order valence-corrected chi connectivity index (χ0v) is 11.9. The van der Waals surface area contributed by atoms with E-state index in [-0.39, 0.29) is 17.4 Å². The molecule has 0 aliphatic heterocycles. The van der Waals surface area contributed by atoms with Gasteiger partial charge in [-0.05, 0) is 24.2 Å². The van der Waals surface area contributed by atoms with Crippen LogP contribution in [0.5, 0.6) is 0 Å². The molecule has 112 valence electrons. The monoisotopic (exact) mass is 280 g/mol. The third-order valence-electron chi connectivity index (χ3n) is 4.59. The highest BCUT2D eigenvalue weighted by molar-refractivity contribution is 5.79. The molecule has 0 bridgehead atoms. The molecule has 1 amide bonds. The highest BCUT2D eigenvalue weighted by Gasteiger charge is 2.46. The molecule has 0 spiro atoms. The Bertz CT molecular complexity index is 341. The van der Waals surface area contributed by atoms with Gasteiger partial charge in [0.05, 0.1) is 0 Å². The molecule has 1 fully saturated rings. The smallest absolute Gasteiger partial charge is 0.336 e. The van der Waals surface area contributed by atoms with E-state index in [1.165, 1.54) is 7.05 Å². The van der Waals surface area contributed by atoms with Gasteiger partial charge in [0, 0.05) is 19.0 Å². The summed E-state index contributed by atoms with van der Waals surface area (Å²) in [4.78, 5) is 13.0. The minimum Gasteiger partial charge on any atom is -0.336 e. The molecule has 0 radical (unpaired) electrons. The number of nitrogens with two attached hydrogens (primary N) is 1. The molecule has 0 aromatic heterocycles. The normalized spacial score (nSPS) is 31.1. The average molecular weight is 280 g/mol. The van der Waals surface area contributed by atoms with Crippen LogP contribution in [0, 0.1) is 17.3 Å². The second-order valence-corrected chi connectivity index (χ2v) is 6.21. The number of nitrogens with zero attached hydrogens (tertiary/aromatic N) is 1. The third kappa shape index (κ3) is 3.61. The summed E-state index contributed by atoms with van der Waals surface area (Å²) in [5.74, 6) is -0.717. The maximum atomic E-state index is 12.4. The Morgan fingerprint density at radius 1 is 1.37 bits per heavy atom. The molecule has 3 nitrogen and oxygen atoms in total. The van der Waals surface area contributed by atoms with E-state index in [1.807, 2.05) is 20.8 Å². The van der Waals surface area contributed by atoms with Crippen molar-refractivity contribution >= 4 is 5.91 Å². The number of halogens is 3. The summed E-state index contributed by atoms with van der Waals surface area (Å²) in [6, 6.07) is 0.00646. The fraction of sp³-hybridized carbons (Fsp3) is 0.923. The lowest BCUT2D eigenvalue weighted by molar-refractivity contribution is -0.165. The Kier molecular flexibility index (Phi) is 4.55. The second-order valence-electron chi connectivity index (χ2n) is 6.21. The Morgan fingerprint density at radius 2 is 1.89 bits per heavy atom. The Labute approximate surface area is 112 Å². The fourth-order valence-corrected chi connectivity index (χ4v) is 2.90. The molecule has 1 aliphatic carbocycles. The molecule has 0 aromatic carbocycles. The highest BCUT2D eigenvalue weighted by atomic mass is 19.4. The van der Waals surface area contributed by atoms with Crippen molar-refractivity contribution in [2.24, 2.45) is 23.0 Å². The van der Waals surface area contributed by atoms with Gasteiger partial charge in [-0.2, -0.15) is 13.2 Å². The highest BCUT2D eigenvalue weighted by Crippen LogP contribution is 2.45. The van der Waals surface area contributed by atoms with E-state index >= 15 is 0 Å². The van der Waals surface area contributed by atoms with Gasteiger partial charge >= 0.3 is 6.18 Å². The SMILES string of the molecule is CC1C(N)CCC(C(=O)N(C)CC(F)(F)F)C1(C)C. The minimum absolute atomic E-state index is 0.00646. The van der Waals surface area contributed by atoms with Crippen LogP contribution in [0.4, 0.5) is 13.2 Å². The Balaban J connectivity index is 2.82. The molecule has 1 aliphatic rings. The van der Waals surface area contributed by atoms with Gasteiger partial charge in [-0.25, -0.2) is 0 Å². The molecule has 2 N–H and O–H groups in total. The molecule has 0 aromatic rings. The van der Waals surface area contributed by atoms with Crippen LogP contribution in [0.2, 0.25) is 0 Å². The van der Waals surface area contributed by atoms with Crippen LogP contribution in [-0.2, 0) is 4.79 Å². The minimum atomic E-state index is -4.36. The van der Waals surface area contributed by atoms with Crippen LogP contribution < -0.4 is 5.73 Å². The Morgan fingerprint density at radius 3 is 2.37 bits per heavy atom. The van der Waals surface area contributed by atoms with Crippen molar-refractivity contribution in [2.45, 2.75) is 45.8 Å². The molecular weight excluding hydrogens is 257 g/mol. The van der Waals surface area contributed by atoms with Gasteiger partial charge < -0.3 is 10.6 Å². The lowest BCUT2D eigenvalue weighted by Gasteiger charge is -2.47. The van der Waals surface area contributed by atoms with E-state index < -0.39 is 24.5 Å². The number of hydrogen-bond acceptors (Lipinski definition) is 2. The van der Waals surface area contributed by atoms with Crippen molar-refractivity contribution in [1.82, 2.24) is 4.90 Å². The average Bonchev–Trinajstić information content (AvgIpc) is 2.23. The summed E-state index contributed by atoms with van der Waals surface area (Å²) < 4.78 is 37.1. The predicted octanol–water partition coefficient (Wildman–Crippen LogP) is 2.41. The first-order chi connectivity index (χ1) is 8.47. The lowest BCUT2D eigenvalue weighted by Crippen LogP contribution is -2.52. The first-order valence-corrected chi connectivity index (χ1v) is 6.54. The van der Waals surface area contributed by atoms with E-state index in [2.05, 4.69) is 0 Å². The lowest BCUT2D eigenvalue weighted by atomic mass is 9.61. The first-order valence-electron chi connectivity index (χ1n) is 6.54. The third-order valence-corrected chi connectivity index (χ3v) is 4.59. The van der Waals surface area contributed by atoms with Gasteiger partial charge in [0.1, 0.15) is 6.54 Å². The van der Waals surface area contributed by atoms with Crippen molar-refractivity contribution < 1.29 is 18.0 Å². The van der Waals surface area contributed by atoms with Crippen LogP contribution in [0.15, 0.2) is 0 Å². The molecule has 0 saturated heterocycles. The maximum Gasteiger partial charge on any atom is 0.406 e. The van der Waals surface area contributed by atoms with Crippen molar-refractivity contribution in [1.29, 1.82) is 0 Å². The van der Waals surface area contributed by atoms with E-state index in [9.17, 15) is 18.0 Å². The first kappa shape index (κ1) is 16.3. The standard InChI is InChI=1S/C13H23F3N2O/c1-8-10(17)6-5-9(12(8,2)3)11(19)18(4)7-13(14,15)16/h8-10H,5-7,17H2,1-4H3.